The molecule has 0 amide bonds. The molecule has 1 aliphatic heterocycles. The molecule has 88 valence electrons. The molecule has 1 atom stereocenters. The lowest BCUT2D eigenvalue weighted by molar-refractivity contribution is 0.711. The number of guanidine groups is 1. The molecule has 1 aromatic heterocycles. The molecule has 0 saturated carbocycles. The summed E-state index contributed by atoms with van der Waals surface area (Å²) in [5.74, 6) is 0.895. The molecule has 2 rings (SSSR count). The Labute approximate surface area is 112 Å². The predicted molar refractivity (Wildman–Crippen MR) is 74.1 cm³/mol. The van der Waals surface area contributed by atoms with E-state index < -0.39 is 0 Å². The van der Waals surface area contributed by atoms with Gasteiger partial charge in [-0.1, -0.05) is 0 Å². The van der Waals surface area contributed by atoms with E-state index in [0.717, 1.165) is 31.2 Å². The fraction of sp³-hybridized carbons (Fsp3) is 0.500. The van der Waals surface area contributed by atoms with Crippen molar-refractivity contribution in [2.75, 3.05) is 13.1 Å². The Morgan fingerprint density at radius 1 is 1.50 bits per heavy atom. The van der Waals surface area contributed by atoms with Crippen LogP contribution in [0.2, 0.25) is 0 Å². The number of nitrogens with one attached hydrogen (secondary N) is 2. The second-order valence-corrected chi connectivity index (χ2v) is 3.61. The maximum Gasteiger partial charge on any atom is 0.191 e. The van der Waals surface area contributed by atoms with Crippen LogP contribution in [0.3, 0.4) is 0 Å². The topological polar surface area (TPSA) is 62.2 Å². The quantitative estimate of drug-likeness (QED) is 0.795. The van der Waals surface area contributed by atoms with Gasteiger partial charge in [0.2, 0.25) is 0 Å². The van der Waals surface area contributed by atoms with E-state index in [4.69, 9.17) is 0 Å². The zero-order chi connectivity index (χ0) is 10.5. The van der Waals surface area contributed by atoms with Gasteiger partial charge < -0.3 is 10.6 Å². The van der Waals surface area contributed by atoms with Crippen molar-refractivity contribution in [3.05, 3.63) is 24.3 Å². The molecule has 6 heteroatoms. The smallest absolute Gasteiger partial charge is 0.191 e. The average Bonchev–Trinajstić information content (AvgIpc) is 2.66. The third-order valence-corrected chi connectivity index (χ3v) is 2.20. The lowest BCUT2D eigenvalue weighted by atomic mass is 10.3. The Hall–Kier alpha value is -0.920. The highest BCUT2D eigenvalue weighted by atomic mass is 127. The van der Waals surface area contributed by atoms with E-state index in [2.05, 4.69) is 32.5 Å². The van der Waals surface area contributed by atoms with Gasteiger partial charge in [0.25, 0.3) is 0 Å². The summed E-state index contributed by atoms with van der Waals surface area (Å²) in [6.07, 6.45) is 6.04. The molecular formula is C10H16IN5. The molecule has 0 fully saturated rings. The van der Waals surface area contributed by atoms with Crippen LogP contribution in [0.15, 0.2) is 23.6 Å². The molecule has 1 unspecified atom stereocenters. The number of rotatable bonds is 3. The van der Waals surface area contributed by atoms with Gasteiger partial charge in [0.1, 0.15) is 0 Å². The monoisotopic (exact) mass is 333 g/mol. The average molecular weight is 333 g/mol. The summed E-state index contributed by atoms with van der Waals surface area (Å²) in [4.78, 5) is 12.5. The Bertz CT molecular complexity index is 340. The summed E-state index contributed by atoms with van der Waals surface area (Å²) in [5.41, 5.74) is 0.997. The zero-order valence-corrected chi connectivity index (χ0v) is 11.5. The van der Waals surface area contributed by atoms with E-state index in [1.807, 2.05) is 0 Å². The number of hydrogen-bond donors (Lipinski definition) is 2. The van der Waals surface area contributed by atoms with Crippen LogP contribution in [0.1, 0.15) is 12.6 Å². The fourth-order valence-electron chi connectivity index (χ4n) is 1.43. The molecule has 16 heavy (non-hydrogen) atoms. The Morgan fingerprint density at radius 3 is 3.00 bits per heavy atom. The van der Waals surface area contributed by atoms with Crippen LogP contribution in [0.4, 0.5) is 0 Å². The van der Waals surface area contributed by atoms with Crippen LogP contribution in [0.5, 0.6) is 0 Å². The number of aromatic nitrogens is 2. The second kappa shape index (κ2) is 6.62. The van der Waals surface area contributed by atoms with Crippen molar-refractivity contribution in [2.24, 2.45) is 4.99 Å². The predicted octanol–water partition coefficient (Wildman–Crippen LogP) is 0.574. The third-order valence-electron chi connectivity index (χ3n) is 2.20. The molecule has 5 nitrogen and oxygen atoms in total. The van der Waals surface area contributed by atoms with Gasteiger partial charge in [0.15, 0.2) is 5.96 Å². The second-order valence-electron chi connectivity index (χ2n) is 3.61. The summed E-state index contributed by atoms with van der Waals surface area (Å²) >= 11 is 0. The van der Waals surface area contributed by atoms with Crippen molar-refractivity contribution in [1.82, 2.24) is 20.6 Å². The number of aliphatic imine (C=N–C) groups is 1. The molecule has 0 radical (unpaired) electrons. The molecule has 0 spiro atoms. The van der Waals surface area contributed by atoms with E-state index >= 15 is 0 Å². The van der Waals surface area contributed by atoms with Crippen LogP contribution < -0.4 is 10.6 Å². The first kappa shape index (κ1) is 13.1. The zero-order valence-electron chi connectivity index (χ0n) is 9.18. The molecule has 2 heterocycles. The molecule has 1 aromatic rings. The molecule has 0 bridgehead atoms. The maximum atomic E-state index is 4.31. The fourth-order valence-corrected chi connectivity index (χ4v) is 1.43. The van der Waals surface area contributed by atoms with Crippen molar-refractivity contribution in [2.45, 2.75) is 19.4 Å². The van der Waals surface area contributed by atoms with Gasteiger partial charge in [-0.25, -0.2) is 0 Å². The third kappa shape index (κ3) is 3.92. The van der Waals surface area contributed by atoms with E-state index in [1.54, 1.807) is 18.6 Å². The van der Waals surface area contributed by atoms with Crippen LogP contribution in [-0.4, -0.2) is 35.1 Å². The standard InChI is InChI=1S/C10H15N5.HI/c1-8-6-14-10(15-8)13-3-2-9-7-11-4-5-12-9;/h4-5,7-8H,2-3,6H2,1H3,(H2,13,14,15);1H. The van der Waals surface area contributed by atoms with Crippen molar-refractivity contribution < 1.29 is 0 Å². The van der Waals surface area contributed by atoms with Gasteiger partial charge in [-0.3, -0.25) is 15.0 Å². The van der Waals surface area contributed by atoms with Crippen molar-refractivity contribution in [3.8, 4) is 0 Å². The van der Waals surface area contributed by atoms with E-state index in [1.165, 1.54) is 0 Å². The normalized spacial score (nSPS) is 18.3. The first-order valence-electron chi connectivity index (χ1n) is 5.14. The van der Waals surface area contributed by atoms with Crippen molar-refractivity contribution in [1.29, 1.82) is 0 Å². The minimum absolute atomic E-state index is 0. The summed E-state index contributed by atoms with van der Waals surface area (Å²) in [7, 11) is 0. The summed E-state index contributed by atoms with van der Waals surface area (Å²) in [6, 6.07) is 0.448. The summed E-state index contributed by atoms with van der Waals surface area (Å²) in [5, 5.41) is 6.47. The van der Waals surface area contributed by atoms with Gasteiger partial charge >= 0.3 is 0 Å². The molecule has 0 aliphatic carbocycles. The molecular weight excluding hydrogens is 317 g/mol. The van der Waals surface area contributed by atoms with Gasteiger partial charge in [0.05, 0.1) is 12.2 Å². The minimum atomic E-state index is 0. The lowest BCUT2D eigenvalue weighted by Gasteiger charge is -2.07. The summed E-state index contributed by atoms with van der Waals surface area (Å²) in [6.45, 7) is 3.80. The Kier molecular flexibility index (Phi) is 5.44. The minimum Gasteiger partial charge on any atom is -0.356 e. The van der Waals surface area contributed by atoms with Crippen molar-refractivity contribution >= 4 is 29.9 Å². The molecule has 1 aliphatic rings. The van der Waals surface area contributed by atoms with Gasteiger partial charge in [0, 0.05) is 37.6 Å². The van der Waals surface area contributed by atoms with Gasteiger partial charge in [-0.2, -0.15) is 0 Å². The summed E-state index contributed by atoms with van der Waals surface area (Å²) < 4.78 is 0. The first-order valence-corrected chi connectivity index (χ1v) is 5.14. The van der Waals surface area contributed by atoms with Crippen molar-refractivity contribution in [3.63, 3.8) is 0 Å². The number of nitrogens with zero attached hydrogens (tertiary/aromatic N) is 3. The van der Waals surface area contributed by atoms with Gasteiger partial charge in [-0.05, 0) is 6.92 Å². The highest BCUT2D eigenvalue weighted by molar-refractivity contribution is 14.0. The molecule has 2 N–H and O–H groups in total. The van der Waals surface area contributed by atoms with Gasteiger partial charge in [-0.15, -0.1) is 24.0 Å². The first-order chi connectivity index (χ1) is 7.34. The Morgan fingerprint density at radius 2 is 2.38 bits per heavy atom. The van der Waals surface area contributed by atoms with E-state index in [0.29, 0.717) is 6.04 Å². The van der Waals surface area contributed by atoms with Crippen LogP contribution in [0.25, 0.3) is 0 Å². The molecule has 0 aromatic carbocycles. The Balaban J connectivity index is 0.00000128. The lowest BCUT2D eigenvalue weighted by Crippen LogP contribution is -2.38. The van der Waals surface area contributed by atoms with Crippen LogP contribution >= 0.6 is 24.0 Å². The number of hydrogen-bond acceptors (Lipinski definition) is 5. The van der Waals surface area contributed by atoms with Crippen LogP contribution in [-0.2, 0) is 6.42 Å². The number of halogens is 1. The highest BCUT2D eigenvalue weighted by Gasteiger charge is 2.10. The molecule has 0 saturated heterocycles. The van der Waals surface area contributed by atoms with E-state index in [9.17, 15) is 0 Å². The SMILES string of the molecule is CC1CN=C(NCCc2cnccn2)N1.I. The van der Waals surface area contributed by atoms with E-state index in [-0.39, 0.29) is 24.0 Å². The van der Waals surface area contributed by atoms with Crippen LogP contribution in [0, 0.1) is 0 Å². The highest BCUT2D eigenvalue weighted by Crippen LogP contribution is 1.93. The maximum absolute atomic E-state index is 4.31. The largest absolute Gasteiger partial charge is 0.356 e.